The monoisotopic (exact) mass is 329 g/mol. The van der Waals surface area contributed by atoms with Crippen molar-refractivity contribution in [3.63, 3.8) is 0 Å². The molecule has 2 N–H and O–H groups in total. The number of carbonyl (C=O) groups is 1. The molecule has 2 amide bonds. The Morgan fingerprint density at radius 1 is 1.25 bits per heavy atom. The smallest absolute Gasteiger partial charge is 0.315 e. The van der Waals surface area contributed by atoms with Crippen LogP contribution in [0.1, 0.15) is 18.1 Å². The van der Waals surface area contributed by atoms with Gasteiger partial charge in [0.2, 0.25) is 0 Å². The van der Waals surface area contributed by atoms with E-state index >= 15 is 0 Å². The van der Waals surface area contributed by atoms with Gasteiger partial charge in [0.15, 0.2) is 23.4 Å². The third kappa shape index (κ3) is 2.99. The van der Waals surface area contributed by atoms with Crippen LogP contribution >= 0.6 is 0 Å². The van der Waals surface area contributed by atoms with E-state index in [0.717, 1.165) is 36.8 Å². The van der Waals surface area contributed by atoms with Crippen LogP contribution in [0.3, 0.4) is 0 Å². The van der Waals surface area contributed by atoms with Gasteiger partial charge in [-0.1, -0.05) is 12.1 Å². The van der Waals surface area contributed by atoms with Gasteiger partial charge in [0.25, 0.3) is 0 Å². The molecule has 0 unspecified atom stereocenters. The lowest BCUT2D eigenvalue weighted by atomic mass is 10.2. The van der Waals surface area contributed by atoms with Crippen LogP contribution in [0.2, 0.25) is 0 Å². The van der Waals surface area contributed by atoms with E-state index in [9.17, 15) is 4.79 Å². The summed E-state index contributed by atoms with van der Waals surface area (Å²) in [6.45, 7) is 2.07. The van der Waals surface area contributed by atoms with Crippen molar-refractivity contribution in [1.82, 2.24) is 25.4 Å². The fourth-order valence-electron chi connectivity index (χ4n) is 2.93. The van der Waals surface area contributed by atoms with Gasteiger partial charge in [0.05, 0.1) is 13.1 Å². The molecule has 0 radical (unpaired) electrons. The predicted octanol–water partition coefficient (Wildman–Crippen LogP) is 0.863. The first-order valence-corrected chi connectivity index (χ1v) is 8.11. The predicted molar refractivity (Wildman–Crippen MR) is 84.9 cm³/mol. The van der Waals surface area contributed by atoms with E-state index in [-0.39, 0.29) is 12.1 Å². The molecule has 0 spiro atoms. The number of rotatable bonds is 4. The number of fused-ring (bicyclic) bond motifs is 2. The highest BCUT2D eigenvalue weighted by molar-refractivity contribution is 5.73. The van der Waals surface area contributed by atoms with E-state index in [1.54, 1.807) is 0 Å². The zero-order valence-corrected chi connectivity index (χ0v) is 13.2. The second kappa shape index (κ2) is 6.38. The van der Waals surface area contributed by atoms with E-state index in [0.29, 0.717) is 25.4 Å². The largest absolute Gasteiger partial charge is 0.486 e. The molecule has 126 valence electrons. The van der Waals surface area contributed by atoms with E-state index in [1.165, 1.54) is 0 Å². The summed E-state index contributed by atoms with van der Waals surface area (Å²) >= 11 is 0. The quantitative estimate of drug-likeness (QED) is 0.868. The first-order valence-electron chi connectivity index (χ1n) is 8.11. The van der Waals surface area contributed by atoms with Crippen molar-refractivity contribution in [1.29, 1.82) is 0 Å². The zero-order valence-electron chi connectivity index (χ0n) is 13.2. The third-order valence-electron chi connectivity index (χ3n) is 4.15. The Morgan fingerprint density at radius 2 is 2.12 bits per heavy atom. The van der Waals surface area contributed by atoms with Crippen molar-refractivity contribution in [2.75, 3.05) is 13.2 Å². The van der Waals surface area contributed by atoms with Gasteiger partial charge in [-0.05, 0) is 18.6 Å². The summed E-state index contributed by atoms with van der Waals surface area (Å²) in [5.74, 6) is 3.23. The number of hydrogen-bond donors (Lipinski definition) is 2. The Hall–Kier alpha value is -2.77. The minimum absolute atomic E-state index is 0.206. The van der Waals surface area contributed by atoms with Crippen LogP contribution in [0.4, 0.5) is 4.79 Å². The summed E-state index contributed by atoms with van der Waals surface area (Å²) in [5, 5.41) is 13.8. The first-order chi connectivity index (χ1) is 11.8. The van der Waals surface area contributed by atoms with Crippen molar-refractivity contribution >= 4 is 6.03 Å². The van der Waals surface area contributed by atoms with E-state index < -0.39 is 0 Å². The van der Waals surface area contributed by atoms with Crippen molar-refractivity contribution < 1.29 is 14.3 Å². The van der Waals surface area contributed by atoms with Gasteiger partial charge < -0.3 is 24.7 Å². The van der Waals surface area contributed by atoms with Crippen LogP contribution in [0, 0.1) is 0 Å². The second-order valence-corrected chi connectivity index (χ2v) is 5.85. The van der Waals surface area contributed by atoms with Crippen molar-refractivity contribution in [3.05, 3.63) is 35.9 Å². The average molecular weight is 329 g/mol. The van der Waals surface area contributed by atoms with Crippen molar-refractivity contribution in [2.45, 2.75) is 32.0 Å². The Morgan fingerprint density at radius 3 is 3.04 bits per heavy atom. The lowest BCUT2D eigenvalue weighted by Gasteiger charge is -2.26. The molecule has 1 aromatic carbocycles. The molecule has 8 nitrogen and oxygen atoms in total. The molecule has 8 heteroatoms. The molecule has 0 aliphatic carbocycles. The van der Waals surface area contributed by atoms with Gasteiger partial charge in [0.1, 0.15) is 12.4 Å². The Bertz CT molecular complexity index is 745. The van der Waals surface area contributed by atoms with Crippen LogP contribution in [0.25, 0.3) is 0 Å². The maximum atomic E-state index is 12.0. The van der Waals surface area contributed by atoms with Gasteiger partial charge in [-0.15, -0.1) is 10.2 Å². The highest BCUT2D eigenvalue weighted by Crippen LogP contribution is 2.30. The van der Waals surface area contributed by atoms with Gasteiger partial charge >= 0.3 is 6.03 Å². The Labute approximate surface area is 139 Å². The number of nitrogens with one attached hydrogen (secondary N) is 2. The molecule has 0 saturated carbocycles. The second-order valence-electron chi connectivity index (χ2n) is 5.85. The summed E-state index contributed by atoms with van der Waals surface area (Å²) in [5.41, 5.74) is 0. The fourth-order valence-corrected chi connectivity index (χ4v) is 2.93. The number of urea groups is 1. The number of amides is 2. The topological polar surface area (TPSA) is 90.3 Å². The summed E-state index contributed by atoms with van der Waals surface area (Å²) < 4.78 is 13.5. The molecule has 1 aromatic heterocycles. The summed E-state index contributed by atoms with van der Waals surface area (Å²) in [6, 6.07) is 7.25. The molecule has 1 atom stereocenters. The van der Waals surface area contributed by atoms with Gasteiger partial charge in [-0.25, -0.2) is 4.79 Å². The van der Waals surface area contributed by atoms with E-state index in [2.05, 4.69) is 25.4 Å². The number of nitrogens with zero attached hydrogens (tertiary/aromatic N) is 3. The number of hydrogen-bond acceptors (Lipinski definition) is 5. The minimum atomic E-state index is -0.257. The summed E-state index contributed by atoms with van der Waals surface area (Å²) in [4.78, 5) is 12.0. The zero-order chi connectivity index (χ0) is 16.4. The standard InChI is InChI=1S/C16H19N5O3/c22-16(18-9-15-20-19-14-6-3-7-21(14)15)17-8-11-10-23-12-4-1-2-5-13(12)24-11/h1-2,4-5,11H,3,6-10H2,(H2,17,18,22)/t11-/m0/s1. The molecule has 0 fully saturated rings. The highest BCUT2D eigenvalue weighted by atomic mass is 16.6. The van der Waals surface area contributed by atoms with Crippen LogP contribution in [-0.2, 0) is 19.5 Å². The molecule has 24 heavy (non-hydrogen) atoms. The number of benzene rings is 1. The maximum Gasteiger partial charge on any atom is 0.315 e. The number of aromatic nitrogens is 3. The van der Waals surface area contributed by atoms with E-state index in [4.69, 9.17) is 9.47 Å². The molecule has 2 aromatic rings. The summed E-state index contributed by atoms with van der Waals surface area (Å²) in [7, 11) is 0. The summed E-state index contributed by atoms with van der Waals surface area (Å²) in [6.07, 6.45) is 1.84. The van der Waals surface area contributed by atoms with Crippen molar-refractivity contribution in [2.24, 2.45) is 0 Å². The minimum Gasteiger partial charge on any atom is -0.486 e. The molecule has 2 aliphatic heterocycles. The lowest BCUT2D eigenvalue weighted by Crippen LogP contribution is -2.44. The SMILES string of the molecule is O=C(NCc1nnc2n1CCC2)NC[C@H]1COc2ccccc2O1. The number of para-hydroxylation sites is 2. The molecule has 0 saturated heterocycles. The average Bonchev–Trinajstić information content (AvgIpc) is 3.22. The fraction of sp³-hybridized carbons (Fsp3) is 0.438. The maximum absolute atomic E-state index is 12.0. The third-order valence-corrected chi connectivity index (χ3v) is 4.15. The molecular formula is C16H19N5O3. The van der Waals surface area contributed by atoms with E-state index in [1.807, 2.05) is 24.3 Å². The molecular weight excluding hydrogens is 310 g/mol. The lowest BCUT2D eigenvalue weighted by molar-refractivity contribution is 0.0918. The highest BCUT2D eigenvalue weighted by Gasteiger charge is 2.21. The molecule has 2 aliphatic rings. The Balaban J connectivity index is 1.24. The number of ether oxygens (including phenoxy) is 2. The molecule has 4 rings (SSSR count). The van der Waals surface area contributed by atoms with Gasteiger partial charge in [-0.3, -0.25) is 0 Å². The molecule has 0 bridgehead atoms. The van der Waals surface area contributed by atoms with Crippen LogP contribution in [0.5, 0.6) is 11.5 Å². The number of carbonyl (C=O) groups excluding carboxylic acids is 1. The van der Waals surface area contributed by atoms with Crippen LogP contribution in [-0.4, -0.2) is 40.1 Å². The van der Waals surface area contributed by atoms with Gasteiger partial charge in [-0.2, -0.15) is 0 Å². The number of aryl methyl sites for hydroxylation is 1. The normalized spacial score (nSPS) is 18.1. The molecule has 3 heterocycles. The van der Waals surface area contributed by atoms with Crippen LogP contribution in [0.15, 0.2) is 24.3 Å². The van der Waals surface area contributed by atoms with Gasteiger partial charge in [0, 0.05) is 13.0 Å². The van der Waals surface area contributed by atoms with Crippen LogP contribution < -0.4 is 20.1 Å². The Kier molecular flexibility index (Phi) is 3.94. The van der Waals surface area contributed by atoms with Crippen molar-refractivity contribution in [3.8, 4) is 11.5 Å². The first kappa shape index (κ1) is 14.8.